The fourth-order valence-corrected chi connectivity index (χ4v) is 3.48. The van der Waals surface area contributed by atoms with Crippen molar-refractivity contribution in [3.8, 4) is 5.75 Å². The first-order chi connectivity index (χ1) is 13.2. The molecule has 0 saturated carbocycles. The molecule has 2 atom stereocenters. The van der Waals surface area contributed by atoms with Crippen LogP contribution in [0.2, 0.25) is 0 Å². The molecule has 1 heterocycles. The Morgan fingerprint density at radius 2 is 1.85 bits per heavy atom. The molecule has 4 nitrogen and oxygen atoms in total. The van der Waals surface area contributed by atoms with Crippen LogP contribution in [0, 0.1) is 0 Å². The fourth-order valence-electron chi connectivity index (χ4n) is 3.48. The number of rotatable bonds is 10. The van der Waals surface area contributed by atoms with E-state index in [-0.39, 0.29) is 6.10 Å². The number of hydrogen-bond donors (Lipinski definition) is 1. The molecule has 0 bridgehead atoms. The summed E-state index contributed by atoms with van der Waals surface area (Å²) >= 11 is 0. The molecule has 0 spiro atoms. The molecule has 1 N–H and O–H groups in total. The normalized spacial score (nSPS) is 18.0. The molecule has 3 rings (SSSR count). The second-order valence-corrected chi connectivity index (χ2v) is 7.28. The van der Waals surface area contributed by atoms with Crippen molar-refractivity contribution in [3.05, 3.63) is 65.7 Å². The van der Waals surface area contributed by atoms with Gasteiger partial charge in [-0.2, -0.15) is 0 Å². The Hall–Kier alpha value is -1.88. The van der Waals surface area contributed by atoms with Crippen LogP contribution in [-0.2, 0) is 17.7 Å². The van der Waals surface area contributed by atoms with Gasteiger partial charge in [-0.3, -0.25) is 4.90 Å². The van der Waals surface area contributed by atoms with Crippen molar-refractivity contribution in [2.75, 3.05) is 26.3 Å². The maximum Gasteiger partial charge on any atom is 0.119 e. The molecular weight excluding hydrogens is 338 g/mol. The molecule has 1 aliphatic heterocycles. The number of aliphatic hydroxyl groups is 1. The number of nitrogens with zero attached hydrogens (tertiary/aromatic N) is 1. The van der Waals surface area contributed by atoms with Crippen molar-refractivity contribution in [3.63, 3.8) is 0 Å². The third kappa shape index (κ3) is 6.65. The molecular formula is C23H31NO3. The lowest BCUT2D eigenvalue weighted by atomic mass is 10.1. The second-order valence-electron chi connectivity index (χ2n) is 7.28. The first kappa shape index (κ1) is 19.9. The standard InChI is InChI=1S/C23H31NO3/c1-2-19-10-12-20(13-11-19)15-24(17-23-9-6-14-26-23)16-21(25)18-27-22-7-4-3-5-8-22/h3-5,7-8,10-13,21,23,25H,2,6,9,14-18H2,1H3. The summed E-state index contributed by atoms with van der Waals surface area (Å²) in [5.74, 6) is 0.789. The van der Waals surface area contributed by atoms with Gasteiger partial charge in [0.1, 0.15) is 18.5 Å². The lowest BCUT2D eigenvalue weighted by Gasteiger charge is -2.27. The van der Waals surface area contributed by atoms with Gasteiger partial charge in [0.15, 0.2) is 0 Å². The predicted octanol–water partition coefficient (Wildman–Crippen LogP) is 3.67. The summed E-state index contributed by atoms with van der Waals surface area (Å²) in [4.78, 5) is 2.29. The highest BCUT2D eigenvalue weighted by molar-refractivity contribution is 5.22. The Balaban J connectivity index is 1.56. The maximum absolute atomic E-state index is 10.5. The highest BCUT2D eigenvalue weighted by Gasteiger charge is 2.21. The minimum Gasteiger partial charge on any atom is -0.491 e. The molecule has 1 saturated heterocycles. The van der Waals surface area contributed by atoms with Crippen molar-refractivity contribution < 1.29 is 14.6 Å². The zero-order valence-electron chi connectivity index (χ0n) is 16.2. The van der Waals surface area contributed by atoms with Gasteiger partial charge in [-0.15, -0.1) is 0 Å². The summed E-state index contributed by atoms with van der Waals surface area (Å²) in [6, 6.07) is 18.4. The topological polar surface area (TPSA) is 41.9 Å². The molecule has 4 heteroatoms. The first-order valence-corrected chi connectivity index (χ1v) is 10.0. The molecule has 0 amide bonds. The smallest absolute Gasteiger partial charge is 0.119 e. The van der Waals surface area contributed by atoms with E-state index in [0.29, 0.717) is 13.2 Å². The molecule has 0 aliphatic carbocycles. The van der Waals surface area contributed by atoms with E-state index in [0.717, 1.165) is 44.7 Å². The number of benzene rings is 2. The second kappa shape index (κ2) is 10.5. The van der Waals surface area contributed by atoms with E-state index in [4.69, 9.17) is 9.47 Å². The van der Waals surface area contributed by atoms with Gasteiger partial charge in [0.25, 0.3) is 0 Å². The van der Waals surface area contributed by atoms with Crippen molar-refractivity contribution in [1.82, 2.24) is 4.90 Å². The van der Waals surface area contributed by atoms with E-state index in [1.165, 1.54) is 11.1 Å². The number of ether oxygens (including phenoxy) is 2. The lowest BCUT2D eigenvalue weighted by Crippen LogP contribution is -2.39. The van der Waals surface area contributed by atoms with Gasteiger partial charge >= 0.3 is 0 Å². The van der Waals surface area contributed by atoms with E-state index in [1.807, 2.05) is 30.3 Å². The largest absolute Gasteiger partial charge is 0.491 e. The summed E-state index contributed by atoms with van der Waals surface area (Å²) in [6.45, 7) is 5.54. The average Bonchev–Trinajstić information content (AvgIpc) is 3.21. The summed E-state index contributed by atoms with van der Waals surface area (Å²) < 4.78 is 11.5. The van der Waals surface area contributed by atoms with Crippen molar-refractivity contribution in [2.45, 2.75) is 44.9 Å². The molecule has 1 fully saturated rings. The average molecular weight is 370 g/mol. The van der Waals surface area contributed by atoms with Gasteiger partial charge in [-0.25, -0.2) is 0 Å². The molecule has 1 aliphatic rings. The van der Waals surface area contributed by atoms with Crippen LogP contribution in [0.5, 0.6) is 5.75 Å². The van der Waals surface area contributed by atoms with Crippen LogP contribution < -0.4 is 4.74 Å². The van der Waals surface area contributed by atoms with E-state index < -0.39 is 6.10 Å². The zero-order valence-corrected chi connectivity index (χ0v) is 16.2. The van der Waals surface area contributed by atoms with Crippen molar-refractivity contribution >= 4 is 0 Å². The molecule has 2 aromatic carbocycles. The monoisotopic (exact) mass is 369 g/mol. The van der Waals surface area contributed by atoms with Crippen molar-refractivity contribution in [2.24, 2.45) is 0 Å². The van der Waals surface area contributed by atoms with Crippen LogP contribution in [0.15, 0.2) is 54.6 Å². The third-order valence-corrected chi connectivity index (χ3v) is 4.98. The molecule has 146 valence electrons. The van der Waals surface area contributed by atoms with Gasteiger partial charge in [-0.05, 0) is 42.5 Å². The Labute approximate surface area is 162 Å². The third-order valence-electron chi connectivity index (χ3n) is 4.98. The number of hydrogen-bond acceptors (Lipinski definition) is 4. The molecule has 2 aromatic rings. The highest BCUT2D eigenvalue weighted by atomic mass is 16.5. The van der Waals surface area contributed by atoms with Crippen LogP contribution >= 0.6 is 0 Å². The highest BCUT2D eigenvalue weighted by Crippen LogP contribution is 2.16. The lowest BCUT2D eigenvalue weighted by molar-refractivity contribution is 0.0313. The SMILES string of the molecule is CCc1ccc(CN(CC(O)COc2ccccc2)CC2CCCO2)cc1. The van der Waals surface area contributed by atoms with E-state index in [1.54, 1.807) is 0 Å². The quantitative estimate of drug-likeness (QED) is 0.694. The number of aryl methyl sites for hydroxylation is 1. The number of aliphatic hydroxyl groups excluding tert-OH is 1. The Bertz CT molecular complexity index is 653. The Morgan fingerprint density at radius 1 is 1.11 bits per heavy atom. The molecule has 0 radical (unpaired) electrons. The summed E-state index contributed by atoms with van der Waals surface area (Å²) in [7, 11) is 0. The first-order valence-electron chi connectivity index (χ1n) is 10.0. The maximum atomic E-state index is 10.5. The molecule has 27 heavy (non-hydrogen) atoms. The summed E-state index contributed by atoms with van der Waals surface area (Å²) in [5, 5.41) is 10.5. The minimum absolute atomic E-state index is 0.266. The van der Waals surface area contributed by atoms with E-state index in [9.17, 15) is 5.11 Å². The summed E-state index contributed by atoms with van der Waals surface area (Å²) in [5.41, 5.74) is 2.61. The fraction of sp³-hybridized carbons (Fsp3) is 0.478. The zero-order chi connectivity index (χ0) is 18.9. The van der Waals surface area contributed by atoms with Crippen LogP contribution in [0.4, 0.5) is 0 Å². The summed E-state index contributed by atoms with van der Waals surface area (Å²) in [6.07, 6.45) is 3.00. The van der Waals surface area contributed by atoms with Crippen molar-refractivity contribution in [1.29, 1.82) is 0 Å². The minimum atomic E-state index is -0.540. The van der Waals surface area contributed by atoms with E-state index in [2.05, 4.69) is 36.1 Å². The molecule has 0 aromatic heterocycles. The number of para-hydroxylation sites is 1. The van der Waals surface area contributed by atoms with E-state index >= 15 is 0 Å². The van der Waals surface area contributed by atoms with Gasteiger partial charge in [0.05, 0.1) is 6.10 Å². The molecule has 2 unspecified atom stereocenters. The van der Waals surface area contributed by atoms with Crippen LogP contribution in [-0.4, -0.2) is 48.5 Å². The van der Waals surface area contributed by atoms with Gasteiger partial charge < -0.3 is 14.6 Å². The van der Waals surface area contributed by atoms with Gasteiger partial charge in [-0.1, -0.05) is 49.4 Å². The van der Waals surface area contributed by atoms with Gasteiger partial charge in [0.2, 0.25) is 0 Å². The predicted molar refractivity (Wildman–Crippen MR) is 108 cm³/mol. The Kier molecular flexibility index (Phi) is 7.69. The van der Waals surface area contributed by atoms with Crippen LogP contribution in [0.25, 0.3) is 0 Å². The van der Waals surface area contributed by atoms with Crippen LogP contribution in [0.3, 0.4) is 0 Å². The van der Waals surface area contributed by atoms with Gasteiger partial charge in [0, 0.05) is 26.2 Å². The van der Waals surface area contributed by atoms with Crippen LogP contribution in [0.1, 0.15) is 30.9 Å². The Morgan fingerprint density at radius 3 is 2.52 bits per heavy atom.